The van der Waals surface area contributed by atoms with E-state index in [9.17, 15) is 5.11 Å². The molecule has 14 heavy (non-hydrogen) atoms. The molecule has 0 heterocycles. The highest BCUT2D eigenvalue weighted by molar-refractivity contribution is 4.83. The van der Waals surface area contributed by atoms with Gasteiger partial charge in [0.2, 0.25) is 0 Å². The third kappa shape index (κ3) is 4.43. The van der Waals surface area contributed by atoms with Gasteiger partial charge in [-0.2, -0.15) is 0 Å². The van der Waals surface area contributed by atoms with E-state index in [1.54, 1.807) is 0 Å². The minimum absolute atomic E-state index is 0.411. The molecule has 1 saturated carbocycles. The van der Waals surface area contributed by atoms with Crippen molar-refractivity contribution in [2.24, 2.45) is 5.92 Å². The van der Waals surface area contributed by atoms with Crippen LogP contribution < -0.4 is 5.32 Å². The van der Waals surface area contributed by atoms with Crippen LogP contribution in [-0.4, -0.2) is 23.8 Å². The SMILES string of the molecule is CC(C)CNCC1(O)CCCCCC1. The zero-order valence-corrected chi connectivity index (χ0v) is 9.68. The first kappa shape index (κ1) is 12.0. The molecule has 2 N–H and O–H groups in total. The maximum Gasteiger partial charge on any atom is 0.0771 e. The number of rotatable bonds is 4. The van der Waals surface area contributed by atoms with Crippen molar-refractivity contribution in [2.45, 2.75) is 58.0 Å². The second-order valence-corrected chi connectivity index (χ2v) is 5.16. The Balaban J connectivity index is 2.24. The predicted octanol–water partition coefficient (Wildman–Crippen LogP) is 2.32. The third-order valence-electron chi connectivity index (χ3n) is 3.04. The molecular formula is C12H25NO. The molecule has 0 bridgehead atoms. The van der Waals surface area contributed by atoms with Crippen LogP contribution in [0.1, 0.15) is 52.4 Å². The second kappa shape index (κ2) is 5.72. The fourth-order valence-electron chi connectivity index (χ4n) is 2.16. The molecule has 0 atom stereocenters. The van der Waals surface area contributed by atoms with E-state index in [2.05, 4.69) is 19.2 Å². The van der Waals surface area contributed by atoms with E-state index in [4.69, 9.17) is 0 Å². The summed E-state index contributed by atoms with van der Waals surface area (Å²) in [6.07, 6.45) is 6.95. The number of aliphatic hydroxyl groups is 1. The van der Waals surface area contributed by atoms with E-state index in [1.807, 2.05) is 0 Å². The Morgan fingerprint density at radius 1 is 1.14 bits per heavy atom. The van der Waals surface area contributed by atoms with Gasteiger partial charge < -0.3 is 10.4 Å². The fourth-order valence-corrected chi connectivity index (χ4v) is 2.16. The Morgan fingerprint density at radius 3 is 2.21 bits per heavy atom. The fraction of sp³-hybridized carbons (Fsp3) is 1.00. The molecule has 0 aliphatic heterocycles. The molecule has 0 aromatic rings. The summed E-state index contributed by atoms with van der Waals surface area (Å²) in [5.74, 6) is 0.671. The zero-order chi connectivity index (χ0) is 10.4. The summed E-state index contributed by atoms with van der Waals surface area (Å²) in [7, 11) is 0. The molecule has 2 heteroatoms. The molecule has 0 aromatic carbocycles. The molecular weight excluding hydrogens is 174 g/mol. The van der Waals surface area contributed by atoms with Crippen molar-refractivity contribution in [3.63, 3.8) is 0 Å². The molecule has 0 spiro atoms. The van der Waals surface area contributed by atoms with E-state index in [0.717, 1.165) is 25.9 Å². The van der Waals surface area contributed by atoms with Gasteiger partial charge in [0.15, 0.2) is 0 Å². The van der Waals surface area contributed by atoms with Gasteiger partial charge in [-0.15, -0.1) is 0 Å². The largest absolute Gasteiger partial charge is 0.389 e. The highest BCUT2D eigenvalue weighted by Gasteiger charge is 2.27. The summed E-state index contributed by atoms with van der Waals surface area (Å²) in [6, 6.07) is 0. The van der Waals surface area contributed by atoms with Crippen LogP contribution in [0.4, 0.5) is 0 Å². The Bertz CT molecular complexity index is 148. The van der Waals surface area contributed by atoms with Crippen LogP contribution in [0.5, 0.6) is 0 Å². The van der Waals surface area contributed by atoms with Crippen LogP contribution >= 0.6 is 0 Å². The second-order valence-electron chi connectivity index (χ2n) is 5.16. The van der Waals surface area contributed by atoms with E-state index < -0.39 is 5.60 Å². The lowest BCUT2D eigenvalue weighted by Crippen LogP contribution is -2.41. The molecule has 84 valence electrons. The lowest BCUT2D eigenvalue weighted by atomic mass is 9.94. The highest BCUT2D eigenvalue weighted by atomic mass is 16.3. The van der Waals surface area contributed by atoms with E-state index in [-0.39, 0.29) is 0 Å². The van der Waals surface area contributed by atoms with Crippen molar-refractivity contribution in [2.75, 3.05) is 13.1 Å². The van der Waals surface area contributed by atoms with Gasteiger partial charge in [-0.3, -0.25) is 0 Å². The monoisotopic (exact) mass is 199 g/mol. The maximum absolute atomic E-state index is 10.3. The molecule has 1 rings (SSSR count). The molecule has 0 saturated heterocycles. The van der Waals surface area contributed by atoms with E-state index in [1.165, 1.54) is 25.7 Å². The van der Waals surface area contributed by atoms with Crippen molar-refractivity contribution in [1.29, 1.82) is 0 Å². The molecule has 0 unspecified atom stereocenters. The number of hydrogen-bond acceptors (Lipinski definition) is 2. The van der Waals surface area contributed by atoms with Gasteiger partial charge >= 0.3 is 0 Å². The van der Waals surface area contributed by atoms with Gasteiger partial charge in [0, 0.05) is 6.54 Å². The maximum atomic E-state index is 10.3. The first-order chi connectivity index (χ1) is 6.62. The molecule has 1 fully saturated rings. The van der Waals surface area contributed by atoms with Gasteiger partial charge in [-0.25, -0.2) is 0 Å². The summed E-state index contributed by atoms with van der Waals surface area (Å²) in [5.41, 5.74) is -0.411. The molecule has 0 radical (unpaired) electrons. The zero-order valence-electron chi connectivity index (χ0n) is 9.68. The lowest BCUT2D eigenvalue weighted by Gasteiger charge is -2.27. The van der Waals surface area contributed by atoms with Crippen molar-refractivity contribution in [3.05, 3.63) is 0 Å². The van der Waals surface area contributed by atoms with Gasteiger partial charge in [-0.1, -0.05) is 39.5 Å². The van der Waals surface area contributed by atoms with Crippen molar-refractivity contribution >= 4 is 0 Å². The minimum Gasteiger partial charge on any atom is -0.389 e. The van der Waals surface area contributed by atoms with Crippen LogP contribution in [0, 0.1) is 5.92 Å². The van der Waals surface area contributed by atoms with Crippen LogP contribution in [0.3, 0.4) is 0 Å². The Labute approximate surface area is 88.1 Å². The molecule has 0 amide bonds. The normalized spacial score (nSPS) is 22.3. The quantitative estimate of drug-likeness (QED) is 0.681. The van der Waals surface area contributed by atoms with Crippen molar-refractivity contribution < 1.29 is 5.11 Å². The van der Waals surface area contributed by atoms with Crippen LogP contribution in [-0.2, 0) is 0 Å². The Kier molecular flexibility index (Phi) is 4.90. The van der Waals surface area contributed by atoms with E-state index >= 15 is 0 Å². The van der Waals surface area contributed by atoms with Crippen LogP contribution in [0.15, 0.2) is 0 Å². The summed E-state index contributed by atoms with van der Waals surface area (Å²) < 4.78 is 0. The summed E-state index contributed by atoms with van der Waals surface area (Å²) >= 11 is 0. The summed E-state index contributed by atoms with van der Waals surface area (Å²) in [5, 5.41) is 13.7. The average Bonchev–Trinajstić information content (AvgIpc) is 2.30. The average molecular weight is 199 g/mol. The first-order valence-electron chi connectivity index (χ1n) is 6.05. The van der Waals surface area contributed by atoms with Gasteiger partial charge in [-0.05, 0) is 25.3 Å². The van der Waals surface area contributed by atoms with Crippen molar-refractivity contribution in [3.8, 4) is 0 Å². The number of nitrogens with one attached hydrogen (secondary N) is 1. The van der Waals surface area contributed by atoms with Gasteiger partial charge in [0.1, 0.15) is 0 Å². The molecule has 1 aliphatic carbocycles. The van der Waals surface area contributed by atoms with Crippen LogP contribution in [0.2, 0.25) is 0 Å². The third-order valence-corrected chi connectivity index (χ3v) is 3.04. The smallest absolute Gasteiger partial charge is 0.0771 e. The minimum atomic E-state index is -0.411. The van der Waals surface area contributed by atoms with Gasteiger partial charge in [0.05, 0.1) is 5.60 Å². The van der Waals surface area contributed by atoms with E-state index in [0.29, 0.717) is 5.92 Å². The summed E-state index contributed by atoms with van der Waals surface area (Å²) in [4.78, 5) is 0. The standard InChI is InChI=1S/C12H25NO/c1-11(2)9-13-10-12(14)7-5-3-4-6-8-12/h11,13-14H,3-10H2,1-2H3. The Hall–Kier alpha value is -0.0800. The molecule has 0 aromatic heterocycles. The number of hydrogen-bond donors (Lipinski definition) is 2. The topological polar surface area (TPSA) is 32.3 Å². The molecule has 1 aliphatic rings. The predicted molar refractivity (Wildman–Crippen MR) is 60.4 cm³/mol. The Morgan fingerprint density at radius 2 is 1.71 bits per heavy atom. The van der Waals surface area contributed by atoms with Crippen LogP contribution in [0.25, 0.3) is 0 Å². The van der Waals surface area contributed by atoms with Crippen molar-refractivity contribution in [1.82, 2.24) is 5.32 Å². The van der Waals surface area contributed by atoms with Gasteiger partial charge in [0.25, 0.3) is 0 Å². The highest BCUT2D eigenvalue weighted by Crippen LogP contribution is 2.26. The lowest BCUT2D eigenvalue weighted by molar-refractivity contribution is 0.0249. The molecule has 2 nitrogen and oxygen atoms in total. The first-order valence-corrected chi connectivity index (χ1v) is 6.05. The summed E-state index contributed by atoms with van der Waals surface area (Å²) in [6.45, 7) is 6.20.